The van der Waals surface area contributed by atoms with Crippen LogP contribution in [0.3, 0.4) is 0 Å². The predicted octanol–water partition coefficient (Wildman–Crippen LogP) is 0.933. The number of amides is 2. The Labute approximate surface area is 201 Å². The summed E-state index contributed by atoms with van der Waals surface area (Å²) in [6.45, 7) is 1.27. The molecule has 4 rings (SSSR count). The Morgan fingerprint density at radius 1 is 1.00 bits per heavy atom. The number of benzene rings is 2. The second kappa shape index (κ2) is 10.8. The van der Waals surface area contributed by atoms with E-state index in [2.05, 4.69) is 21.1 Å². The van der Waals surface area contributed by atoms with Crippen LogP contribution in [0.4, 0.5) is 0 Å². The van der Waals surface area contributed by atoms with Gasteiger partial charge in [-0.25, -0.2) is 5.26 Å². The quantitative estimate of drug-likeness (QED) is 0.189. The molecule has 0 aromatic heterocycles. The summed E-state index contributed by atoms with van der Waals surface area (Å²) in [7, 11) is 0. The Morgan fingerprint density at radius 3 is 2.14 bits per heavy atom. The molecule has 2 aromatic rings. The van der Waals surface area contributed by atoms with Gasteiger partial charge in [-0.15, -0.1) is 4.99 Å². The van der Waals surface area contributed by atoms with Crippen LogP contribution in [0.5, 0.6) is 0 Å². The predicted molar refractivity (Wildman–Crippen MR) is 122 cm³/mol. The summed E-state index contributed by atoms with van der Waals surface area (Å²) >= 11 is 0. The average molecular weight is 482 g/mol. The number of nitrogens with one attached hydrogen (secondary N) is 3. The van der Waals surface area contributed by atoms with E-state index in [0.717, 1.165) is 11.1 Å². The van der Waals surface area contributed by atoms with Crippen molar-refractivity contribution in [2.75, 3.05) is 6.61 Å². The summed E-state index contributed by atoms with van der Waals surface area (Å²) in [6, 6.07) is 16.6. The van der Waals surface area contributed by atoms with Crippen LogP contribution >= 0.6 is 0 Å². The molecule has 1 saturated heterocycles. The molecule has 1 saturated carbocycles. The number of piperazine rings is 1. The summed E-state index contributed by atoms with van der Waals surface area (Å²) in [4.78, 5) is 54.4. The number of Topliss-reactive ketones (excluding diaryl/α,β-unsaturated/α-hetero) is 1. The van der Waals surface area contributed by atoms with E-state index < -0.39 is 60.3 Å². The van der Waals surface area contributed by atoms with Crippen molar-refractivity contribution in [3.8, 4) is 0 Å². The van der Waals surface area contributed by atoms with Gasteiger partial charge in [0.15, 0.2) is 12.4 Å². The molecule has 184 valence electrons. The molecule has 1 heterocycles. The third-order valence-electron chi connectivity index (χ3n) is 6.77. The van der Waals surface area contributed by atoms with Gasteiger partial charge < -0.3 is 15.4 Å². The largest absolute Gasteiger partial charge is 0.457 e. The summed E-state index contributed by atoms with van der Waals surface area (Å²) in [5.41, 5.74) is 3.97. The first kappa shape index (κ1) is 24.5. The van der Waals surface area contributed by atoms with E-state index in [9.17, 15) is 19.2 Å². The number of ketones is 1. The van der Waals surface area contributed by atoms with E-state index in [4.69, 9.17) is 9.99 Å². The Morgan fingerprint density at radius 2 is 1.57 bits per heavy atom. The van der Waals surface area contributed by atoms with Gasteiger partial charge in [0.05, 0.1) is 23.9 Å². The van der Waals surface area contributed by atoms with Gasteiger partial charge in [-0.05, 0) is 23.5 Å². The molecule has 4 N–H and O–H groups in total. The zero-order chi connectivity index (χ0) is 24.9. The van der Waals surface area contributed by atoms with Gasteiger partial charge in [0.2, 0.25) is 0 Å². The lowest BCUT2D eigenvalue weighted by Crippen LogP contribution is -2.70. The second-order valence-electron chi connectivity index (χ2n) is 8.84. The third kappa shape index (κ3) is 5.24. The van der Waals surface area contributed by atoms with E-state index in [1.54, 1.807) is 6.92 Å². The van der Waals surface area contributed by atoms with Crippen molar-refractivity contribution < 1.29 is 34.2 Å². The molecule has 0 bridgehead atoms. The number of carbonyl (C=O) groups excluding carboxylic acids is 4. The summed E-state index contributed by atoms with van der Waals surface area (Å²) in [6.07, 6.45) is 0.297. The van der Waals surface area contributed by atoms with E-state index in [1.165, 1.54) is 0 Å². The number of hydrogen-bond acceptors (Lipinski definition) is 8. The SMILES string of the molecule is CC1C(NOO)CC2NC(=O)C(=O)NC2C1C(=O)OCC(=O)C(c1ccccc1)c1ccccc1. The zero-order valence-electron chi connectivity index (χ0n) is 19.0. The topological polar surface area (TPSA) is 143 Å². The average Bonchev–Trinajstić information content (AvgIpc) is 2.86. The zero-order valence-corrected chi connectivity index (χ0v) is 19.0. The molecule has 0 spiro atoms. The van der Waals surface area contributed by atoms with Crippen molar-refractivity contribution in [1.29, 1.82) is 0 Å². The maximum Gasteiger partial charge on any atom is 0.311 e. The van der Waals surface area contributed by atoms with Gasteiger partial charge in [0.25, 0.3) is 0 Å². The monoisotopic (exact) mass is 481 g/mol. The normalized spacial score (nSPS) is 25.9. The van der Waals surface area contributed by atoms with E-state index >= 15 is 0 Å². The smallest absolute Gasteiger partial charge is 0.311 e. The number of hydroxylamine groups is 1. The Hall–Kier alpha value is -3.60. The van der Waals surface area contributed by atoms with Crippen molar-refractivity contribution >= 4 is 23.6 Å². The molecule has 10 nitrogen and oxygen atoms in total. The summed E-state index contributed by atoms with van der Waals surface area (Å²) in [5.74, 6) is -4.61. The van der Waals surface area contributed by atoms with Gasteiger partial charge in [0, 0.05) is 6.04 Å². The number of fused-ring (bicyclic) bond motifs is 1. The van der Waals surface area contributed by atoms with Crippen LogP contribution in [-0.4, -0.2) is 53.6 Å². The second-order valence-corrected chi connectivity index (χ2v) is 8.84. The molecule has 0 radical (unpaired) electrons. The molecular formula is C25H27N3O7. The molecule has 35 heavy (non-hydrogen) atoms. The van der Waals surface area contributed by atoms with Crippen LogP contribution in [0.15, 0.2) is 60.7 Å². The number of rotatable bonds is 8. The highest BCUT2D eigenvalue weighted by atomic mass is 17.2. The van der Waals surface area contributed by atoms with Crippen molar-refractivity contribution in [3.63, 3.8) is 0 Å². The fourth-order valence-electron chi connectivity index (χ4n) is 5.01. The first-order chi connectivity index (χ1) is 16.9. The summed E-state index contributed by atoms with van der Waals surface area (Å²) in [5, 5.41) is 14.0. The molecule has 1 aliphatic heterocycles. The van der Waals surface area contributed by atoms with Crippen LogP contribution in [0.2, 0.25) is 0 Å². The molecule has 5 unspecified atom stereocenters. The van der Waals surface area contributed by atoms with E-state index in [-0.39, 0.29) is 5.78 Å². The number of esters is 1. The highest BCUT2D eigenvalue weighted by Gasteiger charge is 2.51. The highest BCUT2D eigenvalue weighted by Crippen LogP contribution is 2.33. The number of hydrogen-bond donors (Lipinski definition) is 4. The lowest BCUT2D eigenvalue weighted by atomic mass is 9.70. The Kier molecular flexibility index (Phi) is 7.54. The van der Waals surface area contributed by atoms with E-state index in [0.29, 0.717) is 6.42 Å². The van der Waals surface area contributed by atoms with Gasteiger partial charge in [-0.3, -0.25) is 19.2 Å². The first-order valence-corrected chi connectivity index (χ1v) is 11.4. The molecule has 1 aliphatic carbocycles. The minimum absolute atomic E-state index is 0.297. The van der Waals surface area contributed by atoms with E-state index in [1.807, 2.05) is 60.7 Å². The first-order valence-electron chi connectivity index (χ1n) is 11.4. The molecule has 2 fully saturated rings. The summed E-state index contributed by atoms with van der Waals surface area (Å²) < 4.78 is 5.49. The standard InChI is InChI=1S/C25H27N3O7/c1-14-17(28-35-33)12-18-22(27-24(31)23(30)26-18)20(14)25(32)34-13-19(29)21(15-8-4-2-5-9-15)16-10-6-3-7-11-16/h2-11,14,17-18,20-22,28,33H,12-13H2,1H3,(H,26,30)(H,27,31). The minimum Gasteiger partial charge on any atom is -0.457 e. The Balaban J connectivity index is 1.52. The van der Waals surface area contributed by atoms with Crippen LogP contribution in [0, 0.1) is 11.8 Å². The third-order valence-corrected chi connectivity index (χ3v) is 6.77. The number of carbonyl (C=O) groups is 4. The van der Waals surface area contributed by atoms with Crippen molar-refractivity contribution in [2.24, 2.45) is 11.8 Å². The van der Waals surface area contributed by atoms with Gasteiger partial charge >= 0.3 is 17.8 Å². The van der Waals surface area contributed by atoms with Gasteiger partial charge in [0.1, 0.15) is 0 Å². The van der Waals surface area contributed by atoms with Gasteiger partial charge in [-0.1, -0.05) is 67.6 Å². The number of ether oxygens (including phenoxy) is 1. The molecule has 2 aliphatic rings. The lowest BCUT2D eigenvalue weighted by molar-refractivity contribution is -0.304. The fourth-order valence-corrected chi connectivity index (χ4v) is 5.01. The van der Waals surface area contributed by atoms with Gasteiger partial charge in [-0.2, -0.15) is 5.48 Å². The maximum absolute atomic E-state index is 13.3. The fraction of sp³-hybridized carbons (Fsp3) is 0.360. The lowest BCUT2D eigenvalue weighted by Gasteiger charge is -2.46. The molecule has 10 heteroatoms. The molecule has 2 aromatic carbocycles. The highest BCUT2D eigenvalue weighted by molar-refractivity contribution is 6.35. The van der Waals surface area contributed by atoms with Crippen molar-refractivity contribution in [1.82, 2.24) is 16.1 Å². The minimum atomic E-state index is -0.898. The van der Waals surface area contributed by atoms with Crippen LogP contribution in [-0.2, 0) is 28.9 Å². The molecule has 2 amide bonds. The van der Waals surface area contributed by atoms with Crippen LogP contribution < -0.4 is 16.1 Å². The van der Waals surface area contributed by atoms with Crippen molar-refractivity contribution in [3.05, 3.63) is 71.8 Å². The van der Waals surface area contributed by atoms with Crippen LogP contribution in [0.1, 0.15) is 30.4 Å². The maximum atomic E-state index is 13.3. The molecular weight excluding hydrogens is 454 g/mol. The van der Waals surface area contributed by atoms with Crippen LogP contribution in [0.25, 0.3) is 0 Å². The molecule has 5 atom stereocenters. The Bertz CT molecular complexity index is 1040. The van der Waals surface area contributed by atoms with Crippen molar-refractivity contribution in [2.45, 2.75) is 37.4 Å².